The monoisotopic (exact) mass is 304 g/mol. The Morgan fingerprint density at radius 3 is 2.55 bits per heavy atom. The van der Waals surface area contributed by atoms with Crippen LogP contribution in [-0.2, 0) is 4.79 Å². The van der Waals surface area contributed by atoms with Crippen molar-refractivity contribution in [3.8, 4) is 0 Å². The van der Waals surface area contributed by atoms with Crippen LogP contribution in [0.4, 0.5) is 0 Å². The molecule has 0 spiro atoms. The predicted octanol–water partition coefficient (Wildman–Crippen LogP) is 4.21. The summed E-state index contributed by atoms with van der Waals surface area (Å²) in [7, 11) is 0. The summed E-state index contributed by atoms with van der Waals surface area (Å²) in [5.41, 5.74) is 0.559. The zero-order valence-corrected chi connectivity index (χ0v) is 14.5. The van der Waals surface area contributed by atoms with Crippen molar-refractivity contribution in [3.05, 3.63) is 0 Å². The number of aliphatic hydroxyl groups excluding tert-OH is 1. The molecule has 0 radical (unpaired) electrons. The van der Waals surface area contributed by atoms with Crippen molar-refractivity contribution >= 4 is 5.78 Å². The Labute approximate surface area is 135 Å². The molecule has 0 aromatic carbocycles. The van der Waals surface area contributed by atoms with Crippen molar-refractivity contribution in [2.45, 2.75) is 78.2 Å². The Balaban J connectivity index is 1.68. The second-order valence-electron chi connectivity index (χ2n) is 9.59. The Kier molecular flexibility index (Phi) is 3.32. The number of fused-ring (bicyclic) bond motifs is 5. The van der Waals surface area contributed by atoms with Crippen molar-refractivity contribution in [2.24, 2.45) is 40.4 Å². The van der Waals surface area contributed by atoms with Crippen LogP contribution in [0.3, 0.4) is 0 Å². The number of ketones is 1. The summed E-state index contributed by atoms with van der Waals surface area (Å²) in [5.74, 6) is 4.14. The van der Waals surface area contributed by atoms with Crippen LogP contribution < -0.4 is 0 Å². The fraction of sp³-hybridized carbons (Fsp3) is 0.950. The molecule has 0 bridgehead atoms. The van der Waals surface area contributed by atoms with Gasteiger partial charge in [0.25, 0.3) is 0 Å². The lowest BCUT2D eigenvalue weighted by Crippen LogP contribution is -2.56. The van der Waals surface area contributed by atoms with Gasteiger partial charge < -0.3 is 5.11 Å². The first kappa shape index (κ1) is 15.2. The van der Waals surface area contributed by atoms with Gasteiger partial charge >= 0.3 is 0 Å². The molecule has 0 aliphatic heterocycles. The number of Topliss-reactive ketones (excluding diaryl/α,β-unsaturated/α-hetero) is 1. The van der Waals surface area contributed by atoms with E-state index >= 15 is 0 Å². The zero-order valence-electron chi connectivity index (χ0n) is 14.5. The smallest absolute Gasteiger partial charge is 0.133 e. The molecule has 1 N–H and O–H groups in total. The Morgan fingerprint density at radius 2 is 1.77 bits per heavy atom. The molecule has 4 saturated carbocycles. The number of carbonyl (C=O) groups is 1. The SMILES string of the molecule is C[C@@H]1C[C@@H]2CC(=O)CC[C@]2(C)[C@H]2CC[C@]3(C)[C@H](O)CC[C@H]3[C@H]12. The van der Waals surface area contributed by atoms with Gasteiger partial charge in [-0.1, -0.05) is 20.8 Å². The molecule has 22 heavy (non-hydrogen) atoms. The number of carbonyl (C=O) groups excluding carboxylic acids is 1. The molecule has 4 fully saturated rings. The van der Waals surface area contributed by atoms with Gasteiger partial charge in [-0.2, -0.15) is 0 Å². The van der Waals surface area contributed by atoms with E-state index in [1.807, 2.05) is 0 Å². The fourth-order valence-electron chi connectivity index (χ4n) is 7.40. The van der Waals surface area contributed by atoms with Gasteiger partial charge in [0.05, 0.1) is 6.10 Å². The maximum Gasteiger partial charge on any atom is 0.133 e. The van der Waals surface area contributed by atoms with Gasteiger partial charge in [0.1, 0.15) is 5.78 Å². The van der Waals surface area contributed by atoms with Crippen LogP contribution in [0.1, 0.15) is 72.1 Å². The largest absolute Gasteiger partial charge is 0.393 e. The van der Waals surface area contributed by atoms with Crippen LogP contribution >= 0.6 is 0 Å². The van der Waals surface area contributed by atoms with Gasteiger partial charge in [-0.15, -0.1) is 0 Å². The third-order valence-electron chi connectivity index (χ3n) is 8.79. The van der Waals surface area contributed by atoms with E-state index in [-0.39, 0.29) is 11.5 Å². The highest BCUT2D eigenvalue weighted by atomic mass is 16.3. The molecule has 0 saturated heterocycles. The van der Waals surface area contributed by atoms with Crippen LogP contribution in [0.25, 0.3) is 0 Å². The van der Waals surface area contributed by atoms with Gasteiger partial charge in [-0.25, -0.2) is 0 Å². The Morgan fingerprint density at radius 1 is 1.05 bits per heavy atom. The topological polar surface area (TPSA) is 37.3 Å². The molecule has 2 nitrogen and oxygen atoms in total. The van der Waals surface area contributed by atoms with Crippen LogP contribution in [0.15, 0.2) is 0 Å². The van der Waals surface area contributed by atoms with Crippen molar-refractivity contribution in [3.63, 3.8) is 0 Å². The van der Waals surface area contributed by atoms with Gasteiger partial charge in [0.15, 0.2) is 0 Å². The highest BCUT2D eigenvalue weighted by molar-refractivity contribution is 5.79. The summed E-state index contributed by atoms with van der Waals surface area (Å²) in [6, 6.07) is 0. The molecule has 0 aromatic heterocycles. The molecule has 4 aliphatic rings. The summed E-state index contributed by atoms with van der Waals surface area (Å²) < 4.78 is 0. The molecule has 8 atom stereocenters. The van der Waals surface area contributed by atoms with E-state index in [1.165, 1.54) is 25.7 Å². The molecule has 0 aromatic rings. The summed E-state index contributed by atoms with van der Waals surface area (Å²) in [6.07, 6.45) is 8.65. The van der Waals surface area contributed by atoms with Gasteiger partial charge in [0, 0.05) is 12.8 Å². The van der Waals surface area contributed by atoms with Crippen molar-refractivity contribution in [1.82, 2.24) is 0 Å². The number of hydrogen-bond acceptors (Lipinski definition) is 2. The lowest BCUT2D eigenvalue weighted by Gasteiger charge is -2.62. The average molecular weight is 304 g/mol. The van der Waals surface area contributed by atoms with Crippen molar-refractivity contribution < 1.29 is 9.90 Å². The van der Waals surface area contributed by atoms with Gasteiger partial charge in [0.2, 0.25) is 0 Å². The van der Waals surface area contributed by atoms with Crippen LogP contribution in [0.2, 0.25) is 0 Å². The summed E-state index contributed by atoms with van der Waals surface area (Å²) in [5, 5.41) is 10.5. The summed E-state index contributed by atoms with van der Waals surface area (Å²) >= 11 is 0. The minimum atomic E-state index is -0.0795. The normalized spacial score (nSPS) is 57.9. The third kappa shape index (κ3) is 1.85. The van der Waals surface area contributed by atoms with Gasteiger partial charge in [-0.3, -0.25) is 4.79 Å². The van der Waals surface area contributed by atoms with Crippen molar-refractivity contribution in [2.75, 3.05) is 0 Å². The molecule has 4 aliphatic carbocycles. The van der Waals surface area contributed by atoms with E-state index in [1.54, 1.807) is 0 Å². The first-order chi connectivity index (χ1) is 10.4. The molecule has 124 valence electrons. The van der Waals surface area contributed by atoms with E-state index in [2.05, 4.69) is 20.8 Å². The zero-order chi connectivity index (χ0) is 15.7. The summed E-state index contributed by atoms with van der Waals surface area (Å²) in [4.78, 5) is 12.0. The van der Waals surface area contributed by atoms with E-state index in [0.717, 1.165) is 43.4 Å². The Hall–Kier alpha value is -0.370. The van der Waals surface area contributed by atoms with E-state index < -0.39 is 0 Å². The van der Waals surface area contributed by atoms with E-state index in [4.69, 9.17) is 0 Å². The average Bonchev–Trinajstić information content (AvgIpc) is 2.77. The van der Waals surface area contributed by atoms with Crippen LogP contribution in [0, 0.1) is 40.4 Å². The maximum atomic E-state index is 12.0. The second kappa shape index (κ2) is 4.82. The second-order valence-corrected chi connectivity index (χ2v) is 9.59. The molecule has 0 amide bonds. The Bertz CT molecular complexity index is 486. The molecule has 0 heterocycles. The first-order valence-electron chi connectivity index (χ1n) is 9.56. The molecule has 0 unspecified atom stereocenters. The molecular weight excluding hydrogens is 272 g/mol. The fourth-order valence-corrected chi connectivity index (χ4v) is 7.40. The minimum absolute atomic E-state index is 0.0795. The van der Waals surface area contributed by atoms with Crippen LogP contribution in [-0.4, -0.2) is 17.0 Å². The molecule has 4 rings (SSSR count). The van der Waals surface area contributed by atoms with Gasteiger partial charge in [-0.05, 0) is 78.9 Å². The summed E-state index contributed by atoms with van der Waals surface area (Å²) in [6.45, 7) is 7.30. The number of hydrogen-bond donors (Lipinski definition) is 1. The predicted molar refractivity (Wildman–Crippen MR) is 87.3 cm³/mol. The number of rotatable bonds is 0. The highest BCUT2D eigenvalue weighted by Gasteiger charge is 2.61. The van der Waals surface area contributed by atoms with Crippen LogP contribution in [0.5, 0.6) is 0 Å². The molecule has 2 heteroatoms. The standard InChI is InChI=1S/C20H32O2/c1-12-10-13-11-14(21)6-8-19(13,2)16-7-9-20(3)15(18(12)16)4-5-17(20)22/h12-13,15-18,22H,4-11H2,1-3H3/t12-,13-,15+,16+,17-,18+,19+,20+/m1/s1. The van der Waals surface area contributed by atoms with Crippen molar-refractivity contribution in [1.29, 1.82) is 0 Å². The first-order valence-corrected chi connectivity index (χ1v) is 9.56. The quantitative estimate of drug-likeness (QED) is 0.728. The lowest BCUT2D eigenvalue weighted by molar-refractivity contribution is -0.153. The highest BCUT2D eigenvalue weighted by Crippen LogP contribution is 2.67. The minimum Gasteiger partial charge on any atom is -0.393 e. The maximum absolute atomic E-state index is 12.0. The number of aliphatic hydroxyl groups is 1. The lowest BCUT2D eigenvalue weighted by atomic mass is 9.43. The van der Waals surface area contributed by atoms with E-state index in [0.29, 0.717) is 23.0 Å². The molecular formula is C20H32O2. The third-order valence-corrected chi connectivity index (χ3v) is 8.79. The van der Waals surface area contributed by atoms with E-state index in [9.17, 15) is 9.90 Å².